The Bertz CT molecular complexity index is 2600. The third-order valence-corrected chi connectivity index (χ3v) is 11.4. The van der Waals surface area contributed by atoms with E-state index in [1.165, 1.54) is 0 Å². The number of carbonyl (C=O) groups excluding carboxylic acids is 5. The van der Waals surface area contributed by atoms with Gasteiger partial charge in [-0.3, -0.25) is 29.0 Å². The number of ether oxygens (including phenoxy) is 1. The molecule has 5 aromatic carbocycles. The lowest BCUT2D eigenvalue weighted by Gasteiger charge is -2.27. The molecule has 3 heterocycles. The number of rotatable bonds is 13. The molecule has 2 bridgehead atoms. The number of carboxylic acids is 1. The average Bonchev–Trinajstić information content (AvgIpc) is 3.35. The first-order chi connectivity index (χ1) is 32.6. The molecule has 8 rings (SSSR count). The van der Waals surface area contributed by atoms with Crippen molar-refractivity contribution in [2.24, 2.45) is 0 Å². The number of fused-ring (bicyclic) bond motifs is 16. The zero-order valence-electron chi connectivity index (χ0n) is 36.7. The third-order valence-electron chi connectivity index (χ3n) is 11.4. The molecule has 67 heavy (non-hydrogen) atoms. The summed E-state index contributed by atoms with van der Waals surface area (Å²) in [4.78, 5) is 87.9. The maximum atomic E-state index is 14.7. The van der Waals surface area contributed by atoms with E-state index in [1.54, 1.807) is 79.1 Å². The van der Waals surface area contributed by atoms with Crippen LogP contribution in [0.4, 0.5) is 0 Å². The summed E-state index contributed by atoms with van der Waals surface area (Å²) in [5.41, 5.74) is 5.51. The highest BCUT2D eigenvalue weighted by Gasteiger charge is 2.33. The van der Waals surface area contributed by atoms with Crippen LogP contribution in [0.25, 0.3) is 11.1 Å². The first kappa shape index (κ1) is 46.9. The number of hydrogen-bond donors (Lipinski definition) is 6. The van der Waals surface area contributed by atoms with Crippen molar-refractivity contribution >= 4 is 35.5 Å². The molecular formula is C53H52N6O8. The van der Waals surface area contributed by atoms with Crippen molar-refractivity contribution in [1.29, 1.82) is 0 Å². The molecule has 5 amide bonds. The van der Waals surface area contributed by atoms with Crippen molar-refractivity contribution in [1.82, 2.24) is 31.6 Å². The molecule has 0 radical (unpaired) electrons. The van der Waals surface area contributed by atoms with E-state index in [-0.39, 0.29) is 32.1 Å². The largest absolute Gasteiger partial charge is 0.484 e. The van der Waals surface area contributed by atoms with E-state index >= 15 is 0 Å². The zero-order valence-corrected chi connectivity index (χ0v) is 36.7. The first-order valence-corrected chi connectivity index (χ1v) is 22.1. The van der Waals surface area contributed by atoms with Gasteiger partial charge in [-0.15, -0.1) is 0 Å². The first-order valence-electron chi connectivity index (χ1n) is 22.1. The Kier molecular flexibility index (Phi) is 16.2. The summed E-state index contributed by atoms with van der Waals surface area (Å²) in [7, 11) is 0. The molecule has 342 valence electrons. The van der Waals surface area contributed by atoms with Gasteiger partial charge in [-0.1, -0.05) is 127 Å². The molecule has 2 aliphatic rings. The summed E-state index contributed by atoms with van der Waals surface area (Å²) < 4.78 is 5.80. The van der Waals surface area contributed by atoms with Crippen LogP contribution in [0.15, 0.2) is 164 Å². The Morgan fingerprint density at radius 1 is 0.597 bits per heavy atom. The smallest absolute Gasteiger partial charge is 0.326 e. The molecular weight excluding hydrogens is 849 g/mol. The fourth-order valence-corrected chi connectivity index (χ4v) is 7.79. The third kappa shape index (κ3) is 13.9. The Morgan fingerprint density at radius 2 is 1.13 bits per heavy atom. The number of benzene rings is 5. The second kappa shape index (κ2) is 23.2. The molecule has 14 nitrogen and oxygen atoms in total. The van der Waals surface area contributed by atoms with Crippen LogP contribution in [-0.2, 0) is 60.9 Å². The van der Waals surface area contributed by atoms with Crippen LogP contribution in [0.2, 0.25) is 0 Å². The van der Waals surface area contributed by atoms with E-state index in [2.05, 4.69) is 31.6 Å². The molecule has 6 aromatic rings. The molecule has 6 N–H and O–H groups in total. The summed E-state index contributed by atoms with van der Waals surface area (Å²) in [6, 6.07) is 39.3. The Balaban J connectivity index is 1.22. The highest BCUT2D eigenvalue weighted by atomic mass is 16.5. The van der Waals surface area contributed by atoms with Gasteiger partial charge in [0.25, 0.3) is 5.91 Å². The fraction of sp³-hybridized carbons (Fsp3) is 0.226. The monoisotopic (exact) mass is 900 g/mol. The molecule has 14 heteroatoms. The van der Waals surface area contributed by atoms with Crippen molar-refractivity contribution in [3.8, 4) is 16.9 Å². The second-order valence-corrected chi connectivity index (χ2v) is 16.4. The molecule has 0 spiro atoms. The summed E-state index contributed by atoms with van der Waals surface area (Å²) in [5.74, 6) is -4.32. The van der Waals surface area contributed by atoms with Crippen LogP contribution in [-0.4, -0.2) is 82.4 Å². The number of carbonyl (C=O) groups is 6. The summed E-state index contributed by atoms with van der Waals surface area (Å²) in [6.07, 6.45) is 3.60. The van der Waals surface area contributed by atoms with E-state index in [0.29, 0.717) is 34.4 Å². The minimum Gasteiger partial charge on any atom is -0.484 e. The van der Waals surface area contributed by atoms with Crippen LogP contribution < -0.4 is 31.3 Å². The Labute approximate surface area is 388 Å². The lowest BCUT2D eigenvalue weighted by atomic mass is 9.98. The number of carboxylic acid groups (broad SMARTS) is 1. The Hall–Kier alpha value is -8.13. The average molecular weight is 901 g/mol. The number of nitrogens with zero attached hydrogens (tertiary/aromatic N) is 1. The molecule has 1 aromatic heterocycles. The van der Waals surface area contributed by atoms with Gasteiger partial charge in [-0.2, -0.15) is 0 Å². The number of aliphatic carboxylic acids is 1. The lowest BCUT2D eigenvalue weighted by molar-refractivity contribution is -0.142. The minimum atomic E-state index is -1.33. The van der Waals surface area contributed by atoms with Gasteiger partial charge >= 0.3 is 5.97 Å². The minimum absolute atomic E-state index is 0.00963. The van der Waals surface area contributed by atoms with Crippen molar-refractivity contribution in [2.75, 3.05) is 6.61 Å². The van der Waals surface area contributed by atoms with Crippen LogP contribution in [0.3, 0.4) is 0 Å². The molecule has 5 unspecified atom stereocenters. The van der Waals surface area contributed by atoms with Gasteiger partial charge in [0.05, 0.1) is 0 Å². The van der Waals surface area contributed by atoms with E-state index in [9.17, 15) is 33.9 Å². The van der Waals surface area contributed by atoms with Gasteiger partial charge in [0.1, 0.15) is 36.0 Å². The summed E-state index contributed by atoms with van der Waals surface area (Å²) >= 11 is 0. The Morgan fingerprint density at radius 3 is 1.76 bits per heavy atom. The van der Waals surface area contributed by atoms with Gasteiger partial charge in [-0.25, -0.2) is 4.79 Å². The predicted octanol–water partition coefficient (Wildman–Crippen LogP) is 4.55. The molecule has 0 saturated heterocycles. The van der Waals surface area contributed by atoms with Crippen LogP contribution in [0.5, 0.6) is 5.75 Å². The van der Waals surface area contributed by atoms with Gasteiger partial charge in [0, 0.05) is 38.1 Å². The topological polar surface area (TPSA) is 205 Å². The van der Waals surface area contributed by atoms with Crippen molar-refractivity contribution in [3.63, 3.8) is 0 Å². The molecule has 5 atom stereocenters. The number of pyridine rings is 1. The fourth-order valence-electron chi connectivity index (χ4n) is 7.79. The van der Waals surface area contributed by atoms with Crippen molar-refractivity contribution in [2.45, 2.75) is 68.7 Å². The summed E-state index contributed by atoms with van der Waals surface area (Å²) in [6.45, 7) is -0.445. The molecule has 0 saturated carbocycles. The van der Waals surface area contributed by atoms with Crippen molar-refractivity contribution < 1.29 is 38.6 Å². The lowest BCUT2D eigenvalue weighted by Crippen LogP contribution is -2.60. The standard InChI is InChI=1S/C53H52N6O8/c60-48-34-67-42-23-18-38(19-24-42)31-46(52(64)59-47(53(65)66)33-36-12-6-2-7-13-36)57-49(61)43(25-20-35-10-4-1-5-11-35)56-51(63)45(58-50(62)44(55-48)32-39-26-28-54-29-27-39)30-37-16-21-41(22-17-37)40-14-8-3-9-15-40/h1-19,21-24,26-29,43-47H,20,25,30-34H2,(H,55,60)(H,56,63)(H,57,61)(H,58,62)(H,59,64)(H,65,66). The maximum absolute atomic E-state index is 14.7. The quantitative estimate of drug-likeness (QED) is 0.0899. The molecule has 0 fully saturated rings. The van der Waals surface area contributed by atoms with Gasteiger partial charge in [0.2, 0.25) is 23.6 Å². The number of nitrogens with one attached hydrogen (secondary N) is 5. The summed E-state index contributed by atoms with van der Waals surface area (Å²) in [5, 5.41) is 24.2. The van der Waals surface area contributed by atoms with Crippen LogP contribution in [0.1, 0.15) is 34.2 Å². The van der Waals surface area contributed by atoms with E-state index < -0.39 is 72.3 Å². The second-order valence-electron chi connectivity index (χ2n) is 16.4. The van der Waals surface area contributed by atoms with Gasteiger partial charge in [0.15, 0.2) is 6.61 Å². The van der Waals surface area contributed by atoms with E-state index in [4.69, 9.17) is 4.74 Å². The normalized spacial score (nSPS) is 18.6. The zero-order chi connectivity index (χ0) is 47.0. The number of aryl methyl sites for hydroxylation is 1. The van der Waals surface area contributed by atoms with Gasteiger partial charge < -0.3 is 36.4 Å². The molecule has 2 aliphatic heterocycles. The number of aromatic nitrogens is 1. The van der Waals surface area contributed by atoms with E-state index in [0.717, 1.165) is 16.7 Å². The van der Waals surface area contributed by atoms with E-state index in [1.807, 2.05) is 84.9 Å². The van der Waals surface area contributed by atoms with Gasteiger partial charge in [-0.05, 0) is 76.1 Å². The maximum Gasteiger partial charge on any atom is 0.326 e. The number of amides is 5. The predicted molar refractivity (Wildman–Crippen MR) is 251 cm³/mol. The molecule has 0 aliphatic carbocycles. The highest BCUT2D eigenvalue weighted by molar-refractivity contribution is 5.96. The SMILES string of the molecule is O=C1COc2ccc(cc2)CC(C(=O)NC(Cc2ccccc2)C(=O)O)NC(=O)C(CCc2ccccc2)NC(=O)C(Cc2ccc(-c3ccccc3)cc2)NC(=O)C(Cc2ccncc2)N1. The highest BCUT2D eigenvalue weighted by Crippen LogP contribution is 2.21. The van der Waals surface area contributed by atoms with Crippen molar-refractivity contribution in [3.05, 3.63) is 192 Å². The van der Waals surface area contributed by atoms with Crippen LogP contribution in [0, 0.1) is 0 Å². The van der Waals surface area contributed by atoms with Crippen LogP contribution >= 0.6 is 0 Å². The number of hydrogen-bond acceptors (Lipinski definition) is 8.